The van der Waals surface area contributed by atoms with Crippen LogP contribution in [0, 0.1) is 0 Å². The molecule has 0 bridgehead atoms. The van der Waals surface area contributed by atoms with Gasteiger partial charge in [0, 0.05) is 31.6 Å². The van der Waals surface area contributed by atoms with Gasteiger partial charge in [-0.25, -0.2) is 0 Å². The van der Waals surface area contributed by atoms with Gasteiger partial charge < -0.3 is 14.8 Å². The van der Waals surface area contributed by atoms with Crippen molar-refractivity contribution in [3.05, 3.63) is 23.8 Å². The predicted octanol–water partition coefficient (Wildman–Crippen LogP) is 2.20. The summed E-state index contributed by atoms with van der Waals surface area (Å²) in [6, 6.07) is 7.45. The molecule has 0 spiro atoms. The second kappa shape index (κ2) is 6.02. The third-order valence-electron chi connectivity index (χ3n) is 4.35. The number of rotatable bonds is 4. The zero-order chi connectivity index (χ0) is 13.9. The van der Waals surface area contributed by atoms with E-state index in [9.17, 15) is 0 Å². The Balaban J connectivity index is 1.80. The van der Waals surface area contributed by atoms with E-state index in [0.717, 1.165) is 50.8 Å². The minimum atomic E-state index is 0.407. The fourth-order valence-electron chi connectivity index (χ4n) is 2.99. The molecule has 1 fully saturated rings. The van der Waals surface area contributed by atoms with Crippen molar-refractivity contribution in [2.75, 3.05) is 32.8 Å². The van der Waals surface area contributed by atoms with Gasteiger partial charge in [-0.3, -0.25) is 4.90 Å². The standard InChI is InChI=1S/C16H24N2O2/c1-3-18(14-10-17-11-14)12(2)13-5-6-15-16(9-13)20-8-4-7-19-15/h5-6,9,12,14,17H,3-4,7-8,10-11H2,1-2H3. The van der Waals surface area contributed by atoms with E-state index in [1.165, 1.54) is 5.56 Å². The van der Waals surface area contributed by atoms with Crippen molar-refractivity contribution >= 4 is 0 Å². The lowest BCUT2D eigenvalue weighted by Gasteiger charge is -2.41. The second-order valence-corrected chi connectivity index (χ2v) is 5.58. The Bertz CT molecular complexity index is 460. The first-order chi connectivity index (χ1) is 9.79. The number of hydrogen-bond acceptors (Lipinski definition) is 4. The summed E-state index contributed by atoms with van der Waals surface area (Å²) in [4.78, 5) is 2.55. The van der Waals surface area contributed by atoms with Gasteiger partial charge in [-0.1, -0.05) is 13.0 Å². The van der Waals surface area contributed by atoms with Crippen LogP contribution in [0.2, 0.25) is 0 Å². The molecule has 1 saturated heterocycles. The summed E-state index contributed by atoms with van der Waals surface area (Å²) >= 11 is 0. The van der Waals surface area contributed by atoms with E-state index >= 15 is 0 Å². The lowest BCUT2D eigenvalue weighted by Crippen LogP contribution is -2.57. The van der Waals surface area contributed by atoms with E-state index in [0.29, 0.717) is 12.1 Å². The van der Waals surface area contributed by atoms with Crippen molar-refractivity contribution in [2.45, 2.75) is 32.4 Å². The minimum absolute atomic E-state index is 0.407. The van der Waals surface area contributed by atoms with Crippen molar-refractivity contribution in [3.63, 3.8) is 0 Å². The van der Waals surface area contributed by atoms with Crippen molar-refractivity contribution in [2.24, 2.45) is 0 Å². The fourth-order valence-corrected chi connectivity index (χ4v) is 2.99. The average molecular weight is 276 g/mol. The van der Waals surface area contributed by atoms with Gasteiger partial charge in [-0.2, -0.15) is 0 Å². The number of hydrogen-bond donors (Lipinski definition) is 1. The molecule has 0 aromatic heterocycles. The molecule has 1 atom stereocenters. The van der Waals surface area contributed by atoms with Gasteiger partial charge in [-0.05, 0) is 31.2 Å². The first-order valence-electron chi connectivity index (χ1n) is 7.65. The minimum Gasteiger partial charge on any atom is -0.490 e. The summed E-state index contributed by atoms with van der Waals surface area (Å²) in [6.45, 7) is 9.28. The van der Waals surface area contributed by atoms with Crippen LogP contribution in [0.25, 0.3) is 0 Å². The molecule has 1 aromatic carbocycles. The average Bonchev–Trinajstić information content (AvgIpc) is 2.66. The van der Waals surface area contributed by atoms with Gasteiger partial charge in [0.25, 0.3) is 0 Å². The van der Waals surface area contributed by atoms with E-state index < -0.39 is 0 Å². The van der Waals surface area contributed by atoms with Crippen LogP contribution < -0.4 is 14.8 Å². The summed E-state index contributed by atoms with van der Waals surface area (Å²) in [5, 5.41) is 3.35. The molecular formula is C16H24N2O2. The monoisotopic (exact) mass is 276 g/mol. The van der Waals surface area contributed by atoms with Gasteiger partial charge >= 0.3 is 0 Å². The molecule has 2 aliphatic rings. The zero-order valence-electron chi connectivity index (χ0n) is 12.4. The van der Waals surface area contributed by atoms with Crippen LogP contribution in [-0.4, -0.2) is 43.8 Å². The molecule has 4 nitrogen and oxygen atoms in total. The molecule has 0 aliphatic carbocycles. The summed E-state index contributed by atoms with van der Waals surface area (Å²) < 4.78 is 11.5. The molecule has 0 amide bonds. The Labute approximate surface area is 121 Å². The molecule has 0 saturated carbocycles. The molecule has 0 radical (unpaired) electrons. The van der Waals surface area contributed by atoms with E-state index in [2.05, 4.69) is 42.3 Å². The van der Waals surface area contributed by atoms with Crippen molar-refractivity contribution in [1.82, 2.24) is 10.2 Å². The van der Waals surface area contributed by atoms with Crippen LogP contribution in [0.15, 0.2) is 18.2 Å². The van der Waals surface area contributed by atoms with E-state index in [-0.39, 0.29) is 0 Å². The molecule has 1 unspecified atom stereocenters. The van der Waals surface area contributed by atoms with Crippen molar-refractivity contribution in [1.29, 1.82) is 0 Å². The van der Waals surface area contributed by atoms with Gasteiger partial charge in [0.15, 0.2) is 11.5 Å². The van der Waals surface area contributed by atoms with Crippen LogP contribution >= 0.6 is 0 Å². The molecule has 1 aromatic rings. The fraction of sp³-hybridized carbons (Fsp3) is 0.625. The van der Waals surface area contributed by atoms with Gasteiger partial charge in [0.05, 0.1) is 13.2 Å². The van der Waals surface area contributed by atoms with Crippen LogP contribution in [-0.2, 0) is 0 Å². The lowest BCUT2D eigenvalue weighted by atomic mass is 10.0. The molecule has 1 N–H and O–H groups in total. The van der Waals surface area contributed by atoms with Crippen LogP contribution in [0.4, 0.5) is 0 Å². The third-order valence-corrected chi connectivity index (χ3v) is 4.35. The smallest absolute Gasteiger partial charge is 0.161 e. The SMILES string of the molecule is CCN(C1CNC1)C(C)c1ccc2c(c1)OCCCO2. The van der Waals surface area contributed by atoms with Crippen LogP contribution in [0.5, 0.6) is 11.5 Å². The Hall–Kier alpha value is -1.26. The Morgan fingerprint density at radius 1 is 1.25 bits per heavy atom. The highest BCUT2D eigenvalue weighted by Crippen LogP contribution is 2.34. The summed E-state index contributed by atoms with van der Waals surface area (Å²) in [5.41, 5.74) is 1.31. The number of benzene rings is 1. The normalized spacial score (nSPS) is 20.4. The van der Waals surface area contributed by atoms with Crippen LogP contribution in [0.1, 0.15) is 31.9 Å². The number of fused-ring (bicyclic) bond motifs is 1. The molecule has 2 aliphatic heterocycles. The summed E-state index contributed by atoms with van der Waals surface area (Å²) in [5.74, 6) is 1.78. The number of ether oxygens (including phenoxy) is 2. The number of nitrogens with zero attached hydrogens (tertiary/aromatic N) is 1. The first-order valence-corrected chi connectivity index (χ1v) is 7.65. The lowest BCUT2D eigenvalue weighted by molar-refractivity contribution is 0.109. The van der Waals surface area contributed by atoms with Gasteiger partial charge in [-0.15, -0.1) is 0 Å². The van der Waals surface area contributed by atoms with Crippen molar-refractivity contribution < 1.29 is 9.47 Å². The Morgan fingerprint density at radius 3 is 2.65 bits per heavy atom. The third kappa shape index (κ3) is 2.63. The van der Waals surface area contributed by atoms with E-state index in [1.807, 2.05) is 0 Å². The zero-order valence-corrected chi connectivity index (χ0v) is 12.4. The molecule has 3 rings (SSSR count). The summed E-state index contributed by atoms with van der Waals surface area (Å²) in [6.07, 6.45) is 0.953. The topological polar surface area (TPSA) is 33.7 Å². The highest BCUT2D eigenvalue weighted by atomic mass is 16.5. The Kier molecular flexibility index (Phi) is 4.13. The number of likely N-dealkylation sites (N-methyl/N-ethyl adjacent to an activating group) is 1. The predicted molar refractivity (Wildman–Crippen MR) is 79.5 cm³/mol. The van der Waals surface area contributed by atoms with Gasteiger partial charge in [0.1, 0.15) is 0 Å². The maximum absolute atomic E-state index is 5.80. The largest absolute Gasteiger partial charge is 0.490 e. The van der Waals surface area contributed by atoms with Crippen LogP contribution in [0.3, 0.4) is 0 Å². The maximum atomic E-state index is 5.80. The molecular weight excluding hydrogens is 252 g/mol. The number of nitrogens with one attached hydrogen (secondary N) is 1. The molecule has 20 heavy (non-hydrogen) atoms. The van der Waals surface area contributed by atoms with Crippen molar-refractivity contribution in [3.8, 4) is 11.5 Å². The quantitative estimate of drug-likeness (QED) is 0.914. The molecule has 110 valence electrons. The summed E-state index contributed by atoms with van der Waals surface area (Å²) in [7, 11) is 0. The Morgan fingerprint density at radius 2 is 2.00 bits per heavy atom. The highest BCUT2D eigenvalue weighted by molar-refractivity contribution is 5.44. The molecule has 4 heteroatoms. The van der Waals surface area contributed by atoms with E-state index in [1.54, 1.807) is 0 Å². The second-order valence-electron chi connectivity index (χ2n) is 5.58. The molecule has 2 heterocycles. The van der Waals surface area contributed by atoms with Gasteiger partial charge in [0.2, 0.25) is 0 Å². The first kappa shape index (κ1) is 13.7. The van der Waals surface area contributed by atoms with E-state index in [4.69, 9.17) is 9.47 Å². The maximum Gasteiger partial charge on any atom is 0.161 e. The highest BCUT2D eigenvalue weighted by Gasteiger charge is 2.28.